The van der Waals surface area contributed by atoms with Crippen LogP contribution in [0.1, 0.15) is 206 Å². The molecule has 0 bridgehead atoms. The third-order valence-corrected chi connectivity index (χ3v) is 12.0. The van der Waals surface area contributed by atoms with E-state index in [1.807, 2.05) is 0 Å². The van der Waals surface area contributed by atoms with Crippen LogP contribution in [0.3, 0.4) is 0 Å². The van der Waals surface area contributed by atoms with Crippen molar-refractivity contribution in [2.24, 2.45) is 0 Å². The Bertz CT molecular complexity index is 942. The number of aliphatic hydroxyl groups excluding tert-OH is 5. The average Bonchev–Trinajstić information content (AvgIpc) is 3.18. The molecular weight excluding hydrogens is 739 g/mol. The molecule has 0 spiro atoms. The van der Waals surface area contributed by atoms with Gasteiger partial charge in [0.1, 0.15) is 42.7 Å². The lowest BCUT2D eigenvalue weighted by atomic mass is 9.85. The Kier molecular flexibility index (Phi) is 33.5. The van der Waals surface area contributed by atoms with E-state index in [1.54, 1.807) is 0 Å². The number of carbonyl (C=O) groups excluding carboxylic acids is 1. The fraction of sp³-hybridized carbons (Fsp3) is 0.977. The van der Waals surface area contributed by atoms with Crippen molar-refractivity contribution in [2.45, 2.75) is 249 Å². The lowest BCUT2D eigenvalue weighted by Gasteiger charge is -2.41. The van der Waals surface area contributed by atoms with Crippen LogP contribution in [0.15, 0.2) is 0 Å². The van der Waals surface area contributed by atoms with Crippen molar-refractivity contribution >= 4 is 13.8 Å². The van der Waals surface area contributed by atoms with Crippen molar-refractivity contribution in [1.82, 2.24) is 0 Å². The number of hydrogen-bond acceptors (Lipinski definition) is 11. The van der Waals surface area contributed by atoms with E-state index in [-0.39, 0.29) is 13.0 Å². The summed E-state index contributed by atoms with van der Waals surface area (Å²) < 4.78 is 34.2. The highest BCUT2D eigenvalue weighted by Gasteiger charge is 2.51. The van der Waals surface area contributed by atoms with Gasteiger partial charge in [0.25, 0.3) is 0 Å². The third-order valence-electron chi connectivity index (χ3n) is 11.0. The SMILES string of the molecule is CCCCCCCCCCCCCCCCCC(=O)OC(COCCCCCCCCCCCCCCCC)COP(=O)(O)OC1C(O)C(O)C(O)C(O)C1O. The molecule has 1 fully saturated rings. The summed E-state index contributed by atoms with van der Waals surface area (Å²) in [4.78, 5) is 23.1. The molecule has 6 atom stereocenters. The van der Waals surface area contributed by atoms with Crippen LogP contribution < -0.4 is 0 Å². The first kappa shape index (κ1) is 53.4. The van der Waals surface area contributed by atoms with E-state index in [9.17, 15) is 39.8 Å². The number of phosphoric acid groups is 1. The Morgan fingerprint density at radius 1 is 0.500 bits per heavy atom. The molecule has 0 aromatic rings. The molecule has 334 valence electrons. The van der Waals surface area contributed by atoms with Crippen molar-refractivity contribution in [1.29, 1.82) is 0 Å². The molecule has 1 rings (SSSR count). The van der Waals surface area contributed by atoms with Crippen molar-refractivity contribution in [2.75, 3.05) is 19.8 Å². The number of ether oxygens (including phenoxy) is 2. The Morgan fingerprint density at radius 3 is 1.23 bits per heavy atom. The monoisotopic (exact) mass is 825 g/mol. The van der Waals surface area contributed by atoms with Crippen molar-refractivity contribution in [3.63, 3.8) is 0 Å². The summed E-state index contributed by atoms with van der Waals surface area (Å²) in [5.41, 5.74) is 0. The maximum Gasteiger partial charge on any atom is 0.472 e. The van der Waals surface area contributed by atoms with Gasteiger partial charge in [0, 0.05) is 13.0 Å². The van der Waals surface area contributed by atoms with Gasteiger partial charge < -0.3 is 39.9 Å². The average molecular weight is 825 g/mol. The highest BCUT2D eigenvalue weighted by molar-refractivity contribution is 7.47. The van der Waals surface area contributed by atoms with E-state index >= 15 is 0 Å². The normalized spacial score (nSPS) is 22.9. The summed E-state index contributed by atoms with van der Waals surface area (Å²) in [5.74, 6) is -0.472. The summed E-state index contributed by atoms with van der Waals surface area (Å²) >= 11 is 0. The van der Waals surface area contributed by atoms with Crippen LogP contribution in [0.5, 0.6) is 0 Å². The molecular formula is C43H85O12P. The molecule has 1 saturated carbocycles. The first-order valence-corrected chi connectivity index (χ1v) is 24.4. The minimum Gasteiger partial charge on any atom is -0.457 e. The molecule has 6 N–H and O–H groups in total. The summed E-state index contributed by atoms with van der Waals surface area (Å²) in [6.45, 7) is 4.29. The molecule has 0 amide bonds. The fourth-order valence-corrected chi connectivity index (χ4v) is 8.27. The van der Waals surface area contributed by atoms with Crippen molar-refractivity contribution in [3.05, 3.63) is 0 Å². The number of carbonyl (C=O) groups is 1. The van der Waals surface area contributed by atoms with E-state index in [4.69, 9.17) is 18.5 Å². The second kappa shape index (κ2) is 35.1. The molecule has 0 aromatic carbocycles. The smallest absolute Gasteiger partial charge is 0.457 e. The molecule has 0 heterocycles. The highest BCUT2D eigenvalue weighted by Crippen LogP contribution is 2.47. The summed E-state index contributed by atoms with van der Waals surface area (Å²) in [7, 11) is -5.01. The van der Waals surface area contributed by atoms with Gasteiger partial charge in [0.2, 0.25) is 0 Å². The van der Waals surface area contributed by atoms with Gasteiger partial charge >= 0.3 is 13.8 Å². The molecule has 6 unspecified atom stereocenters. The van der Waals surface area contributed by atoms with E-state index in [0.29, 0.717) is 13.0 Å². The minimum atomic E-state index is -5.01. The third kappa shape index (κ3) is 27.2. The zero-order chi connectivity index (χ0) is 41.3. The van der Waals surface area contributed by atoms with E-state index in [0.717, 1.165) is 38.5 Å². The lowest BCUT2D eigenvalue weighted by molar-refractivity contribution is -0.220. The fourth-order valence-electron chi connectivity index (χ4n) is 7.30. The summed E-state index contributed by atoms with van der Waals surface area (Å²) in [6, 6.07) is 0. The second-order valence-corrected chi connectivity index (χ2v) is 17.7. The van der Waals surface area contributed by atoms with Gasteiger partial charge in [-0.25, -0.2) is 4.57 Å². The number of unbranched alkanes of at least 4 members (excludes halogenated alkanes) is 27. The van der Waals surface area contributed by atoms with Crippen LogP contribution in [0.4, 0.5) is 0 Å². The lowest BCUT2D eigenvalue weighted by Crippen LogP contribution is -2.64. The van der Waals surface area contributed by atoms with Crippen LogP contribution in [0, 0.1) is 0 Å². The molecule has 0 saturated heterocycles. The molecule has 0 aromatic heterocycles. The molecule has 12 nitrogen and oxygen atoms in total. The number of rotatable bonds is 39. The molecule has 13 heteroatoms. The van der Waals surface area contributed by atoms with Gasteiger partial charge in [0.05, 0.1) is 13.2 Å². The van der Waals surface area contributed by atoms with Crippen molar-refractivity contribution < 1.29 is 58.3 Å². The maximum absolute atomic E-state index is 12.8. The van der Waals surface area contributed by atoms with Crippen LogP contribution in [-0.2, 0) is 27.9 Å². The topological polar surface area (TPSA) is 192 Å². The van der Waals surface area contributed by atoms with Gasteiger partial charge in [-0.3, -0.25) is 13.8 Å². The first-order valence-electron chi connectivity index (χ1n) is 22.9. The Hall–Kier alpha value is -0.660. The van der Waals surface area contributed by atoms with Gasteiger partial charge in [-0.1, -0.05) is 187 Å². The van der Waals surface area contributed by atoms with Crippen LogP contribution in [0.2, 0.25) is 0 Å². The Labute approximate surface area is 340 Å². The molecule has 0 aliphatic heterocycles. The molecule has 0 radical (unpaired) electrons. The van der Waals surface area contributed by atoms with E-state index in [2.05, 4.69) is 13.8 Å². The van der Waals surface area contributed by atoms with Crippen LogP contribution in [-0.4, -0.2) is 98.9 Å². The van der Waals surface area contributed by atoms with Crippen LogP contribution in [0.25, 0.3) is 0 Å². The number of aliphatic hydroxyl groups is 5. The van der Waals surface area contributed by atoms with Crippen LogP contribution >= 0.6 is 7.82 Å². The quantitative estimate of drug-likeness (QED) is 0.0196. The molecule has 56 heavy (non-hydrogen) atoms. The predicted octanol–water partition coefficient (Wildman–Crippen LogP) is 8.98. The number of phosphoric ester groups is 1. The summed E-state index contributed by atoms with van der Waals surface area (Å²) in [5, 5.41) is 50.1. The largest absolute Gasteiger partial charge is 0.472 e. The van der Waals surface area contributed by atoms with Crippen molar-refractivity contribution in [3.8, 4) is 0 Å². The first-order chi connectivity index (χ1) is 27.0. The van der Waals surface area contributed by atoms with E-state index in [1.165, 1.54) is 141 Å². The van der Waals surface area contributed by atoms with E-state index < -0.39 is 63.1 Å². The Balaban J connectivity index is 2.39. The summed E-state index contributed by atoms with van der Waals surface area (Å²) in [6.07, 6.45) is 23.1. The number of esters is 1. The predicted molar refractivity (Wildman–Crippen MR) is 221 cm³/mol. The zero-order valence-corrected chi connectivity index (χ0v) is 36.4. The molecule has 1 aliphatic rings. The Morgan fingerprint density at radius 2 is 0.839 bits per heavy atom. The minimum absolute atomic E-state index is 0.0681. The standard InChI is InChI=1S/C43H85O12P/c1-3-5-7-9-11-13-15-17-19-20-22-24-26-28-30-32-37(44)54-36(34-52-33-31-29-27-25-23-21-18-16-14-12-10-8-6-4-2)35-53-56(50,51)55-43-41(48)39(46)38(45)40(47)42(43)49/h36,38-43,45-49H,3-35H2,1-2H3,(H,50,51). The van der Waals surface area contributed by atoms with Gasteiger partial charge in [0.15, 0.2) is 0 Å². The second-order valence-electron chi connectivity index (χ2n) is 16.3. The number of hydrogen-bond donors (Lipinski definition) is 6. The highest BCUT2D eigenvalue weighted by atomic mass is 31.2. The van der Waals surface area contributed by atoms with Gasteiger partial charge in [-0.05, 0) is 12.8 Å². The zero-order valence-electron chi connectivity index (χ0n) is 35.5. The maximum atomic E-state index is 12.8. The van der Waals surface area contributed by atoms with Gasteiger partial charge in [-0.2, -0.15) is 0 Å². The van der Waals surface area contributed by atoms with Gasteiger partial charge in [-0.15, -0.1) is 0 Å². The molecule has 1 aliphatic carbocycles.